The lowest BCUT2D eigenvalue weighted by Crippen LogP contribution is -1.81. The molecule has 0 saturated carbocycles. The van der Waals surface area contributed by atoms with Gasteiger partial charge in [-0.05, 0) is 38.5 Å². The zero-order valence-electron chi connectivity index (χ0n) is 14.8. The summed E-state index contributed by atoms with van der Waals surface area (Å²) in [7, 11) is 0. The summed E-state index contributed by atoms with van der Waals surface area (Å²) in [6.45, 7) is 6.05. The Hall–Kier alpha value is -0.520. The van der Waals surface area contributed by atoms with Crippen molar-refractivity contribution in [1.82, 2.24) is 0 Å². The molecule has 0 N–H and O–H groups in total. The lowest BCUT2D eigenvalue weighted by Gasteiger charge is -2.00. The van der Waals surface area contributed by atoms with Gasteiger partial charge in [0.25, 0.3) is 0 Å². The molecule has 0 amide bonds. The molecule has 0 nitrogen and oxygen atoms in total. The largest absolute Gasteiger partial charge is 0.103 e. The van der Waals surface area contributed by atoms with Crippen molar-refractivity contribution in [2.75, 3.05) is 0 Å². The van der Waals surface area contributed by atoms with Crippen LogP contribution < -0.4 is 0 Å². The van der Waals surface area contributed by atoms with E-state index in [-0.39, 0.29) is 0 Å². The van der Waals surface area contributed by atoms with Gasteiger partial charge in [0.2, 0.25) is 0 Å². The van der Waals surface area contributed by atoms with Crippen molar-refractivity contribution in [2.24, 2.45) is 0 Å². The summed E-state index contributed by atoms with van der Waals surface area (Å²) in [6, 6.07) is 0. The van der Waals surface area contributed by atoms with Gasteiger partial charge in [-0.1, -0.05) is 89.4 Å². The van der Waals surface area contributed by atoms with E-state index in [2.05, 4.69) is 25.7 Å². The molecule has 0 saturated heterocycles. The van der Waals surface area contributed by atoms with E-state index in [1.54, 1.807) is 0 Å². The standard InChI is InChI=1S/C21H40/c1-3-5-7-9-11-13-15-17-19-21-20-18-16-14-12-10-8-6-4-2/h3,17,19H,1,4-16,18,20-21H2,2H3. The lowest BCUT2D eigenvalue weighted by molar-refractivity contribution is 0.566. The minimum atomic E-state index is 1.19. The molecule has 0 bridgehead atoms. The fourth-order valence-electron chi connectivity index (χ4n) is 2.71. The quantitative estimate of drug-likeness (QED) is 0.188. The molecule has 0 aliphatic carbocycles. The summed E-state index contributed by atoms with van der Waals surface area (Å²) in [5, 5.41) is 0. The van der Waals surface area contributed by atoms with Gasteiger partial charge in [0.15, 0.2) is 0 Å². The molecule has 0 aromatic rings. The maximum absolute atomic E-state index is 3.76. The summed E-state index contributed by atoms with van der Waals surface area (Å²) in [5.74, 6) is 0. The topological polar surface area (TPSA) is 0 Å². The second-order valence-corrected chi connectivity index (χ2v) is 6.37. The van der Waals surface area contributed by atoms with Gasteiger partial charge in [0.05, 0.1) is 0 Å². The van der Waals surface area contributed by atoms with Crippen molar-refractivity contribution in [3.63, 3.8) is 0 Å². The minimum absolute atomic E-state index is 1.19. The average Bonchev–Trinajstić information content (AvgIpc) is 2.50. The van der Waals surface area contributed by atoms with E-state index in [9.17, 15) is 0 Å². The molecule has 0 aromatic carbocycles. The highest BCUT2D eigenvalue weighted by Gasteiger charge is 1.91. The zero-order chi connectivity index (χ0) is 15.4. The molecule has 0 heteroatoms. The second kappa shape index (κ2) is 19.5. The van der Waals surface area contributed by atoms with Crippen molar-refractivity contribution < 1.29 is 0 Å². The summed E-state index contributed by atoms with van der Waals surface area (Å²) in [5.41, 5.74) is 0. The van der Waals surface area contributed by atoms with Crippen LogP contribution in [0, 0.1) is 0 Å². The molecule has 21 heavy (non-hydrogen) atoms. The first-order chi connectivity index (χ1) is 10.4. The van der Waals surface area contributed by atoms with Crippen molar-refractivity contribution >= 4 is 0 Å². The van der Waals surface area contributed by atoms with Crippen LogP contribution in [0.1, 0.15) is 110 Å². The van der Waals surface area contributed by atoms with Gasteiger partial charge in [-0.3, -0.25) is 0 Å². The van der Waals surface area contributed by atoms with Crippen LogP contribution in [0.5, 0.6) is 0 Å². The number of hydrogen-bond acceptors (Lipinski definition) is 0. The van der Waals surface area contributed by atoms with Crippen LogP contribution in [-0.4, -0.2) is 0 Å². The summed E-state index contributed by atoms with van der Waals surface area (Å²) in [6.07, 6.45) is 29.0. The third kappa shape index (κ3) is 19.5. The Morgan fingerprint density at radius 1 is 0.524 bits per heavy atom. The van der Waals surface area contributed by atoms with E-state index in [4.69, 9.17) is 0 Å². The highest BCUT2D eigenvalue weighted by molar-refractivity contribution is 4.81. The Balaban J connectivity index is 3.03. The van der Waals surface area contributed by atoms with Gasteiger partial charge < -0.3 is 0 Å². The van der Waals surface area contributed by atoms with Crippen LogP contribution in [0.2, 0.25) is 0 Å². The molecule has 124 valence electrons. The highest BCUT2D eigenvalue weighted by Crippen LogP contribution is 2.11. The van der Waals surface area contributed by atoms with Crippen LogP contribution in [0.15, 0.2) is 24.8 Å². The molecule has 0 fully saturated rings. The molecule has 0 aliphatic rings. The molecule has 0 unspecified atom stereocenters. The number of hydrogen-bond donors (Lipinski definition) is 0. The third-order valence-electron chi connectivity index (χ3n) is 4.17. The van der Waals surface area contributed by atoms with E-state index in [0.717, 1.165) is 0 Å². The van der Waals surface area contributed by atoms with E-state index < -0.39 is 0 Å². The Kier molecular flexibility index (Phi) is 19.0. The summed E-state index contributed by atoms with van der Waals surface area (Å²) < 4.78 is 0. The van der Waals surface area contributed by atoms with Crippen molar-refractivity contribution in [3.05, 3.63) is 24.8 Å². The Morgan fingerprint density at radius 3 is 1.33 bits per heavy atom. The molecule has 0 atom stereocenters. The predicted octanol–water partition coefficient (Wildman–Crippen LogP) is 7.99. The second-order valence-electron chi connectivity index (χ2n) is 6.37. The molecular formula is C21H40. The van der Waals surface area contributed by atoms with Crippen LogP contribution in [0.4, 0.5) is 0 Å². The van der Waals surface area contributed by atoms with Crippen molar-refractivity contribution in [2.45, 2.75) is 110 Å². The normalized spacial score (nSPS) is 11.3. The molecule has 0 spiro atoms. The number of unbranched alkanes of at least 4 members (excludes halogenated alkanes) is 14. The van der Waals surface area contributed by atoms with E-state index >= 15 is 0 Å². The van der Waals surface area contributed by atoms with Gasteiger partial charge in [-0.15, -0.1) is 6.58 Å². The van der Waals surface area contributed by atoms with E-state index in [1.165, 1.54) is 103 Å². The first-order valence-corrected chi connectivity index (χ1v) is 9.67. The van der Waals surface area contributed by atoms with Gasteiger partial charge >= 0.3 is 0 Å². The fourth-order valence-corrected chi connectivity index (χ4v) is 2.71. The van der Waals surface area contributed by atoms with Gasteiger partial charge in [0, 0.05) is 0 Å². The van der Waals surface area contributed by atoms with Crippen LogP contribution in [0.25, 0.3) is 0 Å². The molecule has 0 rings (SSSR count). The predicted molar refractivity (Wildman–Crippen MR) is 98.9 cm³/mol. The number of allylic oxidation sites excluding steroid dienone is 3. The van der Waals surface area contributed by atoms with Crippen LogP contribution >= 0.6 is 0 Å². The average molecular weight is 293 g/mol. The Labute approximate surface area is 135 Å². The van der Waals surface area contributed by atoms with Crippen molar-refractivity contribution in [1.29, 1.82) is 0 Å². The maximum atomic E-state index is 3.76. The third-order valence-corrected chi connectivity index (χ3v) is 4.17. The smallest absolute Gasteiger partial charge is 0.0351 e. The first kappa shape index (κ1) is 20.5. The Bertz CT molecular complexity index is 214. The summed E-state index contributed by atoms with van der Waals surface area (Å²) >= 11 is 0. The van der Waals surface area contributed by atoms with Crippen molar-refractivity contribution in [3.8, 4) is 0 Å². The van der Waals surface area contributed by atoms with Crippen LogP contribution in [-0.2, 0) is 0 Å². The summed E-state index contributed by atoms with van der Waals surface area (Å²) in [4.78, 5) is 0. The SMILES string of the molecule is C=CCCCCCCC=CCCCCCCCCCCC. The molecular weight excluding hydrogens is 252 g/mol. The lowest BCUT2D eigenvalue weighted by atomic mass is 10.1. The first-order valence-electron chi connectivity index (χ1n) is 9.67. The highest BCUT2D eigenvalue weighted by atomic mass is 14.0. The number of rotatable bonds is 17. The maximum Gasteiger partial charge on any atom is -0.0351 e. The molecule has 0 aliphatic heterocycles. The van der Waals surface area contributed by atoms with E-state index in [1.807, 2.05) is 6.08 Å². The monoisotopic (exact) mass is 292 g/mol. The molecule has 0 radical (unpaired) electrons. The molecule has 0 heterocycles. The minimum Gasteiger partial charge on any atom is -0.103 e. The van der Waals surface area contributed by atoms with Crippen LogP contribution in [0.3, 0.4) is 0 Å². The van der Waals surface area contributed by atoms with Gasteiger partial charge in [-0.2, -0.15) is 0 Å². The Morgan fingerprint density at radius 2 is 0.905 bits per heavy atom. The van der Waals surface area contributed by atoms with Gasteiger partial charge in [-0.25, -0.2) is 0 Å². The molecule has 0 aromatic heterocycles. The zero-order valence-corrected chi connectivity index (χ0v) is 14.8. The van der Waals surface area contributed by atoms with E-state index in [0.29, 0.717) is 0 Å². The van der Waals surface area contributed by atoms with Gasteiger partial charge in [0.1, 0.15) is 0 Å². The fraction of sp³-hybridized carbons (Fsp3) is 0.810.